The molecule has 0 aliphatic rings. The van der Waals surface area contributed by atoms with Crippen LogP contribution in [0.5, 0.6) is 0 Å². The van der Waals surface area contributed by atoms with Crippen molar-refractivity contribution in [2.75, 3.05) is 0 Å². The lowest BCUT2D eigenvalue weighted by atomic mass is 9.90. The fourth-order valence-electron chi connectivity index (χ4n) is 3.62. The molecule has 4 aromatic rings. The third-order valence-electron chi connectivity index (χ3n) is 5.31. The van der Waals surface area contributed by atoms with Crippen molar-refractivity contribution in [1.29, 1.82) is 0 Å². The molecule has 0 N–H and O–H groups in total. The topological polar surface area (TPSA) is 0 Å². The molecule has 0 radical (unpaired) electrons. The summed E-state index contributed by atoms with van der Waals surface area (Å²) in [5, 5.41) is 2.78. The molecule has 1 heterocycles. The van der Waals surface area contributed by atoms with Gasteiger partial charge in [0.15, 0.2) is 0 Å². The predicted molar refractivity (Wildman–Crippen MR) is 108 cm³/mol. The van der Waals surface area contributed by atoms with Gasteiger partial charge in [0.2, 0.25) is 20.7 Å². The molecule has 0 bridgehead atoms. The van der Waals surface area contributed by atoms with E-state index in [9.17, 15) is 0 Å². The molecule has 0 amide bonds. The SMILES string of the molecule is Cc1c(C)c(C)c2c(-c3ccccc3)c3ccccc3[s+]c2c1C. The van der Waals surface area contributed by atoms with Gasteiger partial charge in [-0.25, -0.2) is 0 Å². The lowest BCUT2D eigenvalue weighted by molar-refractivity contribution is 1.26. The van der Waals surface area contributed by atoms with E-state index in [4.69, 9.17) is 0 Å². The smallest absolute Gasteiger partial charge is 0.0622 e. The van der Waals surface area contributed by atoms with Crippen molar-refractivity contribution < 1.29 is 0 Å². The van der Waals surface area contributed by atoms with Gasteiger partial charge in [0, 0.05) is 22.6 Å². The normalized spacial score (nSPS) is 11.3. The van der Waals surface area contributed by atoms with Crippen molar-refractivity contribution in [3.05, 3.63) is 76.9 Å². The first-order chi connectivity index (χ1) is 11.6. The van der Waals surface area contributed by atoms with Gasteiger partial charge in [0.25, 0.3) is 0 Å². The fourth-order valence-corrected chi connectivity index (χ4v) is 4.93. The third-order valence-corrected chi connectivity index (χ3v) is 6.60. The lowest BCUT2D eigenvalue weighted by Crippen LogP contribution is -1.95. The molecule has 0 saturated heterocycles. The first-order valence-corrected chi connectivity index (χ1v) is 9.21. The summed E-state index contributed by atoms with van der Waals surface area (Å²) in [6.45, 7) is 9.05. The Bertz CT molecular complexity index is 1080. The van der Waals surface area contributed by atoms with Gasteiger partial charge in [-0.2, -0.15) is 0 Å². The molecule has 3 aromatic carbocycles. The average Bonchev–Trinajstić information content (AvgIpc) is 2.63. The highest BCUT2D eigenvalue weighted by Gasteiger charge is 2.24. The Kier molecular flexibility index (Phi) is 3.62. The van der Waals surface area contributed by atoms with Crippen LogP contribution < -0.4 is 0 Å². The molecule has 0 nitrogen and oxygen atoms in total. The van der Waals surface area contributed by atoms with E-state index >= 15 is 0 Å². The molecule has 1 aromatic heterocycles. The Balaban J connectivity index is 2.33. The van der Waals surface area contributed by atoms with Gasteiger partial charge in [-0.1, -0.05) is 42.5 Å². The Hall–Kier alpha value is -2.25. The first kappa shape index (κ1) is 15.3. The van der Waals surface area contributed by atoms with Crippen LogP contribution >= 0.6 is 11.3 Å². The number of fused-ring (bicyclic) bond motifs is 2. The quantitative estimate of drug-likeness (QED) is 0.255. The van der Waals surface area contributed by atoms with E-state index in [1.165, 1.54) is 53.6 Å². The van der Waals surface area contributed by atoms with Gasteiger partial charge in [-0.15, -0.1) is 0 Å². The highest BCUT2D eigenvalue weighted by atomic mass is 32.1. The van der Waals surface area contributed by atoms with Crippen LogP contribution in [0.25, 0.3) is 31.3 Å². The molecule has 1 heteroatoms. The molecule has 118 valence electrons. The maximum Gasteiger partial charge on any atom is 0.242 e. The summed E-state index contributed by atoms with van der Waals surface area (Å²) in [6.07, 6.45) is 0. The van der Waals surface area contributed by atoms with Crippen LogP contribution in [0.15, 0.2) is 54.6 Å². The zero-order valence-electron chi connectivity index (χ0n) is 14.6. The second-order valence-electron chi connectivity index (χ2n) is 6.54. The lowest BCUT2D eigenvalue weighted by Gasteiger charge is -2.14. The van der Waals surface area contributed by atoms with Gasteiger partial charge >= 0.3 is 0 Å². The second-order valence-corrected chi connectivity index (χ2v) is 7.60. The monoisotopic (exact) mass is 329 g/mol. The summed E-state index contributed by atoms with van der Waals surface area (Å²) >= 11 is 1.92. The van der Waals surface area contributed by atoms with E-state index in [-0.39, 0.29) is 0 Å². The Labute approximate surface area is 147 Å². The van der Waals surface area contributed by atoms with E-state index in [0.29, 0.717) is 0 Å². The third kappa shape index (κ3) is 2.16. The van der Waals surface area contributed by atoms with Crippen molar-refractivity contribution in [2.45, 2.75) is 27.7 Å². The molecule has 4 rings (SSSR count). The van der Waals surface area contributed by atoms with E-state index in [0.717, 1.165) is 0 Å². The Morgan fingerprint density at radius 2 is 1.25 bits per heavy atom. The van der Waals surface area contributed by atoms with Crippen molar-refractivity contribution in [3.63, 3.8) is 0 Å². The molecule has 0 unspecified atom stereocenters. The highest BCUT2D eigenvalue weighted by molar-refractivity contribution is 7.25. The minimum absolute atomic E-state index is 1.30. The zero-order chi connectivity index (χ0) is 16.8. The van der Waals surface area contributed by atoms with Crippen LogP contribution in [-0.2, 0) is 0 Å². The minimum Gasteiger partial charge on any atom is -0.0622 e. The number of hydrogen-bond donors (Lipinski definition) is 0. The van der Waals surface area contributed by atoms with Crippen molar-refractivity contribution in [1.82, 2.24) is 0 Å². The van der Waals surface area contributed by atoms with Crippen LogP contribution in [0.1, 0.15) is 22.3 Å². The fraction of sp³-hybridized carbons (Fsp3) is 0.174. The minimum atomic E-state index is 1.30. The summed E-state index contributed by atoms with van der Waals surface area (Å²) in [4.78, 5) is 0. The molecule has 0 aliphatic heterocycles. The molecular weight excluding hydrogens is 308 g/mol. The molecule has 0 saturated carbocycles. The van der Waals surface area contributed by atoms with Gasteiger partial charge < -0.3 is 0 Å². The predicted octanol–water partition coefficient (Wildman–Crippen LogP) is 7.24. The van der Waals surface area contributed by atoms with E-state index < -0.39 is 0 Å². The van der Waals surface area contributed by atoms with Gasteiger partial charge in [-0.05, 0) is 56.0 Å². The molecule has 0 spiro atoms. The van der Waals surface area contributed by atoms with E-state index in [2.05, 4.69) is 82.3 Å². The van der Waals surface area contributed by atoms with Crippen molar-refractivity contribution >= 4 is 31.5 Å². The van der Waals surface area contributed by atoms with Crippen LogP contribution in [0.2, 0.25) is 0 Å². The van der Waals surface area contributed by atoms with Crippen LogP contribution in [0.4, 0.5) is 0 Å². The van der Waals surface area contributed by atoms with Crippen molar-refractivity contribution in [3.8, 4) is 11.1 Å². The summed E-state index contributed by atoms with van der Waals surface area (Å²) in [5.41, 5.74) is 8.35. The van der Waals surface area contributed by atoms with E-state index in [1.807, 2.05) is 11.3 Å². The Morgan fingerprint density at radius 3 is 2.00 bits per heavy atom. The molecule has 0 atom stereocenters. The summed E-state index contributed by atoms with van der Waals surface area (Å²) in [7, 11) is 0. The van der Waals surface area contributed by atoms with Gasteiger partial charge in [-0.3, -0.25) is 0 Å². The number of rotatable bonds is 1. The molecular formula is C23H21S+. The summed E-state index contributed by atoms with van der Waals surface area (Å²) < 4.78 is 2.78. The zero-order valence-corrected chi connectivity index (χ0v) is 15.4. The summed E-state index contributed by atoms with van der Waals surface area (Å²) in [5.74, 6) is 0. The second kappa shape index (κ2) is 5.68. The first-order valence-electron chi connectivity index (χ1n) is 8.40. The molecule has 0 fully saturated rings. The van der Waals surface area contributed by atoms with Crippen molar-refractivity contribution in [2.24, 2.45) is 0 Å². The molecule has 24 heavy (non-hydrogen) atoms. The number of hydrogen-bond acceptors (Lipinski definition) is 0. The Morgan fingerprint density at radius 1 is 0.625 bits per heavy atom. The van der Waals surface area contributed by atoms with Gasteiger partial charge in [0.05, 0.1) is 5.39 Å². The largest absolute Gasteiger partial charge is 0.242 e. The standard InChI is InChI=1S/C23H21S/c1-14-15(2)17(4)23-21(16(14)3)22(18-10-6-5-7-11-18)19-12-8-9-13-20(19)24-23/h5-13H,1-4H3/q+1. The van der Waals surface area contributed by atoms with Crippen LogP contribution in [0, 0.1) is 27.7 Å². The van der Waals surface area contributed by atoms with Gasteiger partial charge in [0.1, 0.15) is 0 Å². The highest BCUT2D eigenvalue weighted by Crippen LogP contribution is 2.43. The van der Waals surface area contributed by atoms with E-state index in [1.54, 1.807) is 0 Å². The number of aryl methyl sites for hydroxylation is 2. The average molecular weight is 329 g/mol. The number of benzene rings is 3. The van der Waals surface area contributed by atoms with Crippen LogP contribution in [-0.4, -0.2) is 0 Å². The maximum atomic E-state index is 2.28. The maximum absolute atomic E-state index is 2.28. The molecule has 0 aliphatic carbocycles. The summed E-state index contributed by atoms with van der Waals surface area (Å²) in [6, 6.07) is 19.6. The van der Waals surface area contributed by atoms with Crippen LogP contribution in [0.3, 0.4) is 0 Å².